The zero-order chi connectivity index (χ0) is 12.8. The summed E-state index contributed by atoms with van der Waals surface area (Å²) in [5.74, 6) is 0.742. The van der Waals surface area contributed by atoms with Gasteiger partial charge >= 0.3 is 0 Å². The van der Waals surface area contributed by atoms with Crippen LogP contribution in [0.1, 0.15) is 18.4 Å². The molecule has 0 amide bonds. The molecule has 1 saturated heterocycles. The number of benzene rings is 1. The van der Waals surface area contributed by atoms with Gasteiger partial charge in [-0.05, 0) is 56.0 Å². The molecule has 1 aromatic carbocycles. The smallest absolute Gasteiger partial charge is 0.0503 e. The number of methoxy groups -OCH3 is 1. The van der Waals surface area contributed by atoms with Crippen molar-refractivity contribution in [1.29, 1.82) is 0 Å². The lowest BCUT2D eigenvalue weighted by molar-refractivity contribution is 0.153. The SMILES string of the molecule is COCC1CCN(CCCc2ccc(N)cc2)C1. The Morgan fingerprint density at radius 1 is 1.33 bits per heavy atom. The van der Waals surface area contributed by atoms with Gasteiger partial charge in [0.25, 0.3) is 0 Å². The molecule has 0 aromatic heterocycles. The zero-order valence-electron chi connectivity index (χ0n) is 11.3. The van der Waals surface area contributed by atoms with Gasteiger partial charge in [-0.3, -0.25) is 0 Å². The molecule has 0 radical (unpaired) electrons. The first-order chi connectivity index (χ1) is 8.78. The third kappa shape index (κ3) is 4.00. The minimum absolute atomic E-state index is 0.742. The van der Waals surface area contributed by atoms with Gasteiger partial charge in [0, 0.05) is 19.3 Å². The Kier molecular flexibility index (Phi) is 5.02. The molecule has 100 valence electrons. The summed E-state index contributed by atoms with van der Waals surface area (Å²) in [6.45, 7) is 4.55. The standard InChI is InChI=1S/C15H24N2O/c1-18-12-14-8-10-17(11-14)9-2-3-13-4-6-15(16)7-5-13/h4-7,14H,2-3,8-12,16H2,1H3. The molecule has 18 heavy (non-hydrogen) atoms. The van der Waals surface area contributed by atoms with Gasteiger partial charge in [-0.2, -0.15) is 0 Å². The first-order valence-corrected chi connectivity index (χ1v) is 6.83. The summed E-state index contributed by atoms with van der Waals surface area (Å²) in [5, 5.41) is 0. The maximum atomic E-state index is 5.68. The van der Waals surface area contributed by atoms with E-state index in [9.17, 15) is 0 Å². The monoisotopic (exact) mass is 248 g/mol. The Balaban J connectivity index is 1.65. The Labute approximate surface area is 110 Å². The fourth-order valence-electron chi connectivity index (χ4n) is 2.68. The van der Waals surface area contributed by atoms with E-state index >= 15 is 0 Å². The molecule has 1 aromatic rings. The van der Waals surface area contributed by atoms with E-state index in [-0.39, 0.29) is 0 Å². The molecule has 3 heteroatoms. The lowest BCUT2D eigenvalue weighted by atomic mass is 10.1. The number of likely N-dealkylation sites (tertiary alicyclic amines) is 1. The van der Waals surface area contributed by atoms with Crippen molar-refractivity contribution in [2.24, 2.45) is 5.92 Å². The van der Waals surface area contributed by atoms with Crippen molar-refractivity contribution in [3.05, 3.63) is 29.8 Å². The number of rotatable bonds is 6. The van der Waals surface area contributed by atoms with Gasteiger partial charge in [-0.1, -0.05) is 12.1 Å². The summed E-state index contributed by atoms with van der Waals surface area (Å²) in [6, 6.07) is 8.24. The molecule has 1 unspecified atom stereocenters. The number of anilines is 1. The molecule has 1 aliphatic rings. The second kappa shape index (κ2) is 6.76. The topological polar surface area (TPSA) is 38.5 Å². The number of nitrogen functional groups attached to an aromatic ring is 1. The zero-order valence-corrected chi connectivity index (χ0v) is 11.3. The second-order valence-corrected chi connectivity index (χ2v) is 5.26. The molecular weight excluding hydrogens is 224 g/mol. The van der Waals surface area contributed by atoms with Crippen molar-refractivity contribution in [2.45, 2.75) is 19.3 Å². The Morgan fingerprint density at radius 2 is 2.11 bits per heavy atom. The first-order valence-electron chi connectivity index (χ1n) is 6.83. The van der Waals surface area contributed by atoms with Crippen LogP contribution in [0.2, 0.25) is 0 Å². The average molecular weight is 248 g/mol. The second-order valence-electron chi connectivity index (χ2n) is 5.26. The average Bonchev–Trinajstić information content (AvgIpc) is 2.80. The molecule has 0 spiro atoms. The van der Waals surface area contributed by atoms with Gasteiger partial charge < -0.3 is 15.4 Å². The van der Waals surface area contributed by atoms with Crippen molar-refractivity contribution < 1.29 is 4.74 Å². The lowest BCUT2D eigenvalue weighted by Gasteiger charge is -2.15. The summed E-state index contributed by atoms with van der Waals surface area (Å²) in [5.41, 5.74) is 7.91. The first kappa shape index (κ1) is 13.4. The summed E-state index contributed by atoms with van der Waals surface area (Å²) in [6.07, 6.45) is 3.66. The summed E-state index contributed by atoms with van der Waals surface area (Å²) < 4.78 is 5.22. The molecule has 3 nitrogen and oxygen atoms in total. The highest BCUT2D eigenvalue weighted by molar-refractivity contribution is 5.39. The van der Waals surface area contributed by atoms with Gasteiger partial charge in [0.1, 0.15) is 0 Å². The third-order valence-corrected chi connectivity index (χ3v) is 3.69. The van der Waals surface area contributed by atoms with Crippen LogP contribution in [0.15, 0.2) is 24.3 Å². The molecule has 0 saturated carbocycles. The highest BCUT2D eigenvalue weighted by Crippen LogP contribution is 2.17. The fraction of sp³-hybridized carbons (Fsp3) is 0.600. The largest absolute Gasteiger partial charge is 0.399 e. The molecule has 2 rings (SSSR count). The Bertz CT molecular complexity index is 350. The van der Waals surface area contributed by atoms with E-state index in [1.54, 1.807) is 7.11 Å². The minimum atomic E-state index is 0.742. The van der Waals surface area contributed by atoms with Crippen LogP contribution in [0.25, 0.3) is 0 Å². The lowest BCUT2D eigenvalue weighted by Crippen LogP contribution is -2.23. The van der Waals surface area contributed by atoms with E-state index in [0.29, 0.717) is 0 Å². The number of hydrogen-bond acceptors (Lipinski definition) is 3. The van der Waals surface area contributed by atoms with Crippen LogP contribution in [0.5, 0.6) is 0 Å². The summed E-state index contributed by atoms with van der Waals surface area (Å²) in [4.78, 5) is 2.56. The van der Waals surface area contributed by atoms with Crippen LogP contribution >= 0.6 is 0 Å². The van der Waals surface area contributed by atoms with E-state index in [1.165, 1.54) is 38.0 Å². The van der Waals surface area contributed by atoms with Crippen LogP contribution in [0.3, 0.4) is 0 Å². The van der Waals surface area contributed by atoms with E-state index in [0.717, 1.165) is 24.6 Å². The van der Waals surface area contributed by atoms with Crippen LogP contribution < -0.4 is 5.73 Å². The molecule has 0 aliphatic carbocycles. The van der Waals surface area contributed by atoms with Gasteiger partial charge in [0.05, 0.1) is 6.61 Å². The number of ether oxygens (including phenoxy) is 1. The highest BCUT2D eigenvalue weighted by atomic mass is 16.5. The quantitative estimate of drug-likeness (QED) is 0.784. The van der Waals surface area contributed by atoms with Crippen molar-refractivity contribution in [2.75, 3.05) is 39.1 Å². The number of nitrogens with zero attached hydrogens (tertiary/aromatic N) is 1. The highest BCUT2D eigenvalue weighted by Gasteiger charge is 2.21. The molecular formula is C15H24N2O. The van der Waals surface area contributed by atoms with Gasteiger partial charge in [0.2, 0.25) is 0 Å². The van der Waals surface area contributed by atoms with Crippen LogP contribution in [-0.2, 0) is 11.2 Å². The fourth-order valence-corrected chi connectivity index (χ4v) is 2.68. The van der Waals surface area contributed by atoms with Crippen molar-refractivity contribution in [1.82, 2.24) is 4.90 Å². The van der Waals surface area contributed by atoms with Crippen LogP contribution in [0.4, 0.5) is 5.69 Å². The summed E-state index contributed by atoms with van der Waals surface area (Å²) >= 11 is 0. The Morgan fingerprint density at radius 3 is 2.83 bits per heavy atom. The molecule has 0 bridgehead atoms. The maximum Gasteiger partial charge on any atom is 0.0503 e. The molecule has 1 aliphatic heterocycles. The normalized spacial score (nSPS) is 20.4. The number of hydrogen-bond donors (Lipinski definition) is 1. The van der Waals surface area contributed by atoms with Gasteiger partial charge in [0.15, 0.2) is 0 Å². The molecule has 1 atom stereocenters. The number of nitrogens with two attached hydrogens (primary N) is 1. The van der Waals surface area contributed by atoms with Gasteiger partial charge in [-0.25, -0.2) is 0 Å². The number of aryl methyl sites for hydroxylation is 1. The third-order valence-electron chi connectivity index (χ3n) is 3.69. The molecule has 2 N–H and O–H groups in total. The summed E-state index contributed by atoms with van der Waals surface area (Å²) in [7, 11) is 1.80. The maximum absolute atomic E-state index is 5.68. The van der Waals surface area contributed by atoms with Crippen molar-refractivity contribution in [3.63, 3.8) is 0 Å². The van der Waals surface area contributed by atoms with Crippen molar-refractivity contribution >= 4 is 5.69 Å². The van der Waals surface area contributed by atoms with E-state index in [4.69, 9.17) is 10.5 Å². The van der Waals surface area contributed by atoms with Crippen LogP contribution in [0, 0.1) is 5.92 Å². The van der Waals surface area contributed by atoms with Crippen molar-refractivity contribution in [3.8, 4) is 0 Å². The van der Waals surface area contributed by atoms with Gasteiger partial charge in [-0.15, -0.1) is 0 Å². The Hall–Kier alpha value is -1.06. The predicted octanol–water partition coefficient (Wildman–Crippen LogP) is 2.17. The molecule has 1 fully saturated rings. The molecule has 1 heterocycles. The van der Waals surface area contributed by atoms with Crippen LogP contribution in [-0.4, -0.2) is 38.3 Å². The predicted molar refractivity (Wildman–Crippen MR) is 75.6 cm³/mol. The minimum Gasteiger partial charge on any atom is -0.399 e. The van der Waals surface area contributed by atoms with E-state index in [1.807, 2.05) is 12.1 Å². The van der Waals surface area contributed by atoms with E-state index in [2.05, 4.69) is 17.0 Å². The van der Waals surface area contributed by atoms with E-state index < -0.39 is 0 Å².